The van der Waals surface area contributed by atoms with Crippen LogP contribution in [-0.4, -0.2) is 16.1 Å². The van der Waals surface area contributed by atoms with E-state index >= 15 is 0 Å². The fourth-order valence-electron chi connectivity index (χ4n) is 1.35. The number of hydrogen-bond acceptors (Lipinski definition) is 2. The van der Waals surface area contributed by atoms with E-state index in [1.807, 2.05) is 45.0 Å². The van der Waals surface area contributed by atoms with Crippen molar-refractivity contribution < 1.29 is 4.79 Å². The molecule has 2 N–H and O–H groups in total. The number of hydrogen-bond donors (Lipinski definition) is 2. The number of carbonyl (C=O) groups is 1. The van der Waals surface area contributed by atoms with Gasteiger partial charge < -0.3 is 5.32 Å². The first-order valence-corrected chi connectivity index (χ1v) is 5.23. The Balaban J connectivity index is 2.32. The highest BCUT2D eigenvalue weighted by Gasteiger charge is 2.22. The highest BCUT2D eigenvalue weighted by Crippen LogP contribution is 2.22. The van der Waals surface area contributed by atoms with E-state index < -0.39 is 5.41 Å². The lowest BCUT2D eigenvalue weighted by atomic mass is 9.96. The van der Waals surface area contributed by atoms with Gasteiger partial charge in [0.2, 0.25) is 5.91 Å². The van der Waals surface area contributed by atoms with Gasteiger partial charge in [-0.3, -0.25) is 9.89 Å². The van der Waals surface area contributed by atoms with Crippen LogP contribution in [0.3, 0.4) is 0 Å². The molecule has 0 bridgehead atoms. The summed E-state index contributed by atoms with van der Waals surface area (Å²) in [5.41, 5.74) is 0.506. The summed E-state index contributed by atoms with van der Waals surface area (Å²) >= 11 is 0. The van der Waals surface area contributed by atoms with Crippen LogP contribution in [0.4, 0.5) is 5.82 Å². The van der Waals surface area contributed by atoms with Gasteiger partial charge in [-0.25, -0.2) is 0 Å². The van der Waals surface area contributed by atoms with Gasteiger partial charge >= 0.3 is 0 Å². The van der Waals surface area contributed by atoms with Gasteiger partial charge in [0, 0.05) is 10.8 Å². The van der Waals surface area contributed by atoms with Gasteiger partial charge in [0.25, 0.3) is 0 Å². The number of H-pyrrole nitrogens is 1. The zero-order chi connectivity index (χ0) is 11.8. The van der Waals surface area contributed by atoms with E-state index in [2.05, 4.69) is 15.5 Å². The highest BCUT2D eigenvalue weighted by atomic mass is 16.2. The first kappa shape index (κ1) is 10.7. The molecule has 84 valence electrons. The van der Waals surface area contributed by atoms with Gasteiger partial charge in [0.1, 0.15) is 0 Å². The molecule has 0 fully saturated rings. The van der Waals surface area contributed by atoms with E-state index in [0.717, 1.165) is 10.9 Å². The van der Waals surface area contributed by atoms with Gasteiger partial charge in [-0.15, -0.1) is 0 Å². The fourth-order valence-corrected chi connectivity index (χ4v) is 1.35. The van der Waals surface area contributed by atoms with E-state index in [-0.39, 0.29) is 5.91 Å². The number of aromatic amines is 1. The molecule has 0 aliphatic rings. The summed E-state index contributed by atoms with van der Waals surface area (Å²) in [7, 11) is 0. The summed E-state index contributed by atoms with van der Waals surface area (Å²) in [6.45, 7) is 5.62. The van der Waals surface area contributed by atoms with Crippen LogP contribution in [0.15, 0.2) is 24.3 Å². The third kappa shape index (κ3) is 1.91. The number of anilines is 1. The van der Waals surface area contributed by atoms with Crippen LogP contribution < -0.4 is 5.32 Å². The Morgan fingerprint density at radius 2 is 2.00 bits per heavy atom. The topological polar surface area (TPSA) is 57.8 Å². The van der Waals surface area contributed by atoms with Crippen molar-refractivity contribution in [1.82, 2.24) is 10.2 Å². The standard InChI is InChI=1S/C12H15N3O/c1-12(2,3)11(16)13-10-8-6-4-5-7-9(8)14-15-10/h4-7H,1-3H3,(H2,13,14,15,16). The molecule has 0 unspecified atom stereocenters. The van der Waals surface area contributed by atoms with Crippen LogP contribution in [0.2, 0.25) is 0 Å². The molecule has 4 heteroatoms. The number of rotatable bonds is 1. The summed E-state index contributed by atoms with van der Waals surface area (Å²) in [4.78, 5) is 11.8. The molecule has 2 rings (SSSR count). The minimum Gasteiger partial charge on any atom is -0.308 e. The first-order valence-electron chi connectivity index (χ1n) is 5.23. The molecule has 0 aliphatic carbocycles. The summed E-state index contributed by atoms with van der Waals surface area (Å²) in [6, 6.07) is 7.70. The number of nitrogens with zero attached hydrogens (tertiary/aromatic N) is 1. The summed E-state index contributed by atoms with van der Waals surface area (Å²) in [6.07, 6.45) is 0. The van der Waals surface area contributed by atoms with Crippen molar-refractivity contribution in [3.63, 3.8) is 0 Å². The highest BCUT2D eigenvalue weighted by molar-refractivity contribution is 6.01. The van der Waals surface area contributed by atoms with E-state index in [9.17, 15) is 4.79 Å². The quantitative estimate of drug-likeness (QED) is 0.771. The zero-order valence-electron chi connectivity index (χ0n) is 9.66. The maximum absolute atomic E-state index is 11.8. The molecular formula is C12H15N3O. The minimum atomic E-state index is -0.417. The Hall–Kier alpha value is -1.84. The second-order valence-electron chi connectivity index (χ2n) is 4.82. The number of benzene rings is 1. The molecular weight excluding hydrogens is 202 g/mol. The van der Waals surface area contributed by atoms with Gasteiger partial charge in [-0.2, -0.15) is 5.10 Å². The normalized spacial score (nSPS) is 11.7. The van der Waals surface area contributed by atoms with Crippen molar-refractivity contribution in [2.24, 2.45) is 5.41 Å². The average Bonchev–Trinajstić information content (AvgIpc) is 2.61. The third-order valence-electron chi connectivity index (χ3n) is 2.38. The fraction of sp³-hybridized carbons (Fsp3) is 0.333. The van der Waals surface area contributed by atoms with E-state index in [1.165, 1.54) is 0 Å². The minimum absolute atomic E-state index is 0.0373. The number of carbonyl (C=O) groups excluding carboxylic acids is 1. The van der Waals surface area contributed by atoms with Crippen LogP contribution >= 0.6 is 0 Å². The van der Waals surface area contributed by atoms with Crippen molar-refractivity contribution in [3.05, 3.63) is 24.3 Å². The van der Waals surface area contributed by atoms with Crippen LogP contribution in [-0.2, 0) is 4.79 Å². The van der Waals surface area contributed by atoms with Crippen molar-refractivity contribution in [3.8, 4) is 0 Å². The first-order chi connectivity index (χ1) is 7.48. The summed E-state index contributed by atoms with van der Waals surface area (Å²) in [5, 5.41) is 10.7. The largest absolute Gasteiger partial charge is 0.308 e. The lowest BCUT2D eigenvalue weighted by Gasteiger charge is -2.16. The Bertz CT molecular complexity index is 522. The number of para-hydroxylation sites is 1. The van der Waals surface area contributed by atoms with E-state index in [4.69, 9.17) is 0 Å². The summed E-state index contributed by atoms with van der Waals surface area (Å²) in [5.74, 6) is 0.556. The molecule has 4 nitrogen and oxygen atoms in total. The van der Waals surface area contributed by atoms with Crippen molar-refractivity contribution in [2.45, 2.75) is 20.8 Å². The van der Waals surface area contributed by atoms with Crippen LogP contribution in [0.5, 0.6) is 0 Å². The zero-order valence-corrected chi connectivity index (χ0v) is 9.66. The predicted octanol–water partition coefficient (Wildman–Crippen LogP) is 2.55. The van der Waals surface area contributed by atoms with Crippen molar-refractivity contribution in [1.29, 1.82) is 0 Å². The molecule has 1 heterocycles. The summed E-state index contributed by atoms with van der Waals surface area (Å²) < 4.78 is 0. The smallest absolute Gasteiger partial charge is 0.230 e. The molecule has 1 amide bonds. The molecule has 0 radical (unpaired) electrons. The van der Waals surface area contributed by atoms with Gasteiger partial charge in [0.15, 0.2) is 5.82 Å². The Morgan fingerprint density at radius 1 is 1.31 bits per heavy atom. The Morgan fingerprint density at radius 3 is 2.69 bits per heavy atom. The third-order valence-corrected chi connectivity index (χ3v) is 2.38. The number of nitrogens with one attached hydrogen (secondary N) is 2. The SMILES string of the molecule is CC(C)(C)C(=O)Nc1n[nH]c2ccccc12. The van der Waals surface area contributed by atoms with Crippen LogP contribution in [0.25, 0.3) is 10.9 Å². The monoisotopic (exact) mass is 217 g/mol. The van der Waals surface area contributed by atoms with E-state index in [1.54, 1.807) is 0 Å². The molecule has 1 aromatic heterocycles. The number of aromatic nitrogens is 2. The molecule has 0 saturated carbocycles. The van der Waals surface area contributed by atoms with Crippen LogP contribution in [0.1, 0.15) is 20.8 Å². The van der Waals surface area contributed by atoms with E-state index in [0.29, 0.717) is 5.82 Å². The molecule has 0 aliphatic heterocycles. The number of fused-ring (bicyclic) bond motifs is 1. The molecule has 1 aromatic carbocycles. The van der Waals surface area contributed by atoms with Gasteiger partial charge in [0.05, 0.1) is 5.52 Å². The van der Waals surface area contributed by atoms with Crippen molar-refractivity contribution in [2.75, 3.05) is 5.32 Å². The second kappa shape index (κ2) is 3.63. The molecule has 0 spiro atoms. The average molecular weight is 217 g/mol. The molecule has 0 saturated heterocycles. The van der Waals surface area contributed by atoms with Crippen LogP contribution in [0, 0.1) is 5.41 Å². The molecule has 16 heavy (non-hydrogen) atoms. The lowest BCUT2D eigenvalue weighted by molar-refractivity contribution is -0.123. The lowest BCUT2D eigenvalue weighted by Crippen LogP contribution is -2.27. The Labute approximate surface area is 94.0 Å². The maximum atomic E-state index is 11.8. The predicted molar refractivity (Wildman–Crippen MR) is 64.2 cm³/mol. The number of amides is 1. The Kier molecular flexibility index (Phi) is 2.42. The molecule has 2 aromatic rings. The van der Waals surface area contributed by atoms with Gasteiger partial charge in [-0.1, -0.05) is 32.9 Å². The van der Waals surface area contributed by atoms with Crippen molar-refractivity contribution >= 4 is 22.6 Å². The molecule has 0 atom stereocenters. The van der Waals surface area contributed by atoms with Gasteiger partial charge in [-0.05, 0) is 12.1 Å². The maximum Gasteiger partial charge on any atom is 0.230 e. The second-order valence-corrected chi connectivity index (χ2v) is 4.82.